The van der Waals surface area contributed by atoms with Crippen molar-refractivity contribution in [2.24, 2.45) is 5.92 Å². The zero-order valence-corrected chi connectivity index (χ0v) is 17.7. The zero-order valence-electron chi connectivity index (χ0n) is 16.9. The molecule has 0 aromatic carbocycles. The van der Waals surface area contributed by atoms with Crippen LogP contribution in [0, 0.1) is 5.92 Å². The van der Waals surface area contributed by atoms with Crippen LogP contribution in [-0.2, 0) is 23.8 Å². The molecule has 0 radical (unpaired) electrons. The number of aliphatic carboxylic acids is 1. The summed E-state index contributed by atoms with van der Waals surface area (Å²) in [5.41, 5.74) is -0.675. The Morgan fingerprint density at radius 2 is 2.00 bits per heavy atom. The summed E-state index contributed by atoms with van der Waals surface area (Å²) in [4.78, 5) is 22.7. The molecule has 0 amide bonds. The van der Waals surface area contributed by atoms with E-state index in [1.807, 2.05) is 20.8 Å². The summed E-state index contributed by atoms with van der Waals surface area (Å²) in [6.45, 7) is 5.96. The molecule has 1 saturated heterocycles. The fourth-order valence-electron chi connectivity index (χ4n) is 4.26. The number of hydrogen-bond donors (Lipinski definition) is 2. The molecule has 2 N–H and O–H groups in total. The molecular formula is C20H31ClO7. The van der Waals surface area contributed by atoms with Crippen molar-refractivity contribution in [1.29, 1.82) is 0 Å². The Labute approximate surface area is 171 Å². The van der Waals surface area contributed by atoms with Gasteiger partial charge < -0.3 is 24.4 Å². The van der Waals surface area contributed by atoms with Crippen molar-refractivity contribution in [2.45, 2.75) is 82.4 Å². The monoisotopic (exact) mass is 418 g/mol. The molecule has 1 aliphatic heterocycles. The average molecular weight is 419 g/mol. The first kappa shape index (κ1) is 23.1. The fourth-order valence-corrected chi connectivity index (χ4v) is 4.56. The van der Waals surface area contributed by atoms with Gasteiger partial charge in [0.05, 0.1) is 36.3 Å². The maximum Gasteiger partial charge on any atom is 0.306 e. The van der Waals surface area contributed by atoms with Crippen LogP contribution in [0.1, 0.15) is 52.9 Å². The highest BCUT2D eigenvalue weighted by Gasteiger charge is 2.67. The van der Waals surface area contributed by atoms with Gasteiger partial charge in [0.2, 0.25) is 0 Å². The van der Waals surface area contributed by atoms with Crippen molar-refractivity contribution in [3.05, 3.63) is 11.6 Å². The van der Waals surface area contributed by atoms with Crippen LogP contribution in [0.3, 0.4) is 0 Å². The number of carbonyl (C=O) groups is 2. The van der Waals surface area contributed by atoms with Crippen LogP contribution in [0.25, 0.3) is 0 Å². The first-order valence-corrected chi connectivity index (χ1v) is 10.1. The number of hydrogen-bond acceptors (Lipinski definition) is 6. The Morgan fingerprint density at radius 3 is 2.54 bits per heavy atom. The van der Waals surface area contributed by atoms with Gasteiger partial charge in [0.15, 0.2) is 0 Å². The molecule has 1 aliphatic carbocycles. The second-order valence-electron chi connectivity index (χ2n) is 8.18. The van der Waals surface area contributed by atoms with Crippen molar-refractivity contribution in [3.8, 4) is 0 Å². The van der Waals surface area contributed by atoms with E-state index < -0.39 is 41.3 Å². The predicted octanol–water partition coefficient (Wildman–Crippen LogP) is 2.67. The maximum atomic E-state index is 12.1. The molecule has 1 saturated carbocycles. The van der Waals surface area contributed by atoms with E-state index in [1.54, 1.807) is 0 Å². The Hall–Kier alpha value is -1.15. The van der Waals surface area contributed by atoms with Crippen LogP contribution < -0.4 is 0 Å². The molecule has 28 heavy (non-hydrogen) atoms. The van der Waals surface area contributed by atoms with Crippen molar-refractivity contribution >= 4 is 23.5 Å². The average Bonchev–Trinajstić information content (AvgIpc) is 3.30. The summed E-state index contributed by atoms with van der Waals surface area (Å²) in [6, 6.07) is 0. The Bertz CT molecular complexity index is 618. The van der Waals surface area contributed by atoms with Gasteiger partial charge in [0, 0.05) is 7.11 Å². The molecule has 2 aliphatic rings. The van der Waals surface area contributed by atoms with Gasteiger partial charge in [-0.05, 0) is 40.0 Å². The maximum absolute atomic E-state index is 12.1. The number of carboxylic acids is 1. The van der Waals surface area contributed by atoms with Gasteiger partial charge in [0.1, 0.15) is 17.8 Å². The number of rotatable bonds is 9. The summed E-state index contributed by atoms with van der Waals surface area (Å²) in [5.74, 6) is -2.11. The number of alkyl halides is 1. The highest BCUT2D eigenvalue weighted by atomic mass is 35.5. The van der Waals surface area contributed by atoms with E-state index in [-0.39, 0.29) is 24.8 Å². The van der Waals surface area contributed by atoms with Crippen LogP contribution in [-0.4, -0.2) is 64.7 Å². The molecule has 1 heterocycles. The number of esters is 1. The van der Waals surface area contributed by atoms with E-state index in [4.69, 9.17) is 30.9 Å². The number of halogens is 1. The minimum absolute atomic E-state index is 0.0194. The Morgan fingerprint density at radius 1 is 1.32 bits per heavy atom. The minimum Gasteiger partial charge on any atom is -0.481 e. The van der Waals surface area contributed by atoms with Gasteiger partial charge in [-0.25, -0.2) is 0 Å². The number of carbonyl (C=O) groups excluding carboxylic acids is 1. The number of carboxylic acid groups (broad SMARTS) is 1. The van der Waals surface area contributed by atoms with Gasteiger partial charge in [-0.2, -0.15) is 0 Å². The first-order valence-electron chi connectivity index (χ1n) is 9.61. The molecule has 2 rings (SSSR count). The third-order valence-corrected chi connectivity index (χ3v) is 6.26. The summed E-state index contributed by atoms with van der Waals surface area (Å²) in [5, 5.41) is 20.0. The number of epoxide rings is 1. The van der Waals surface area contributed by atoms with Crippen LogP contribution in [0.4, 0.5) is 0 Å². The van der Waals surface area contributed by atoms with Crippen LogP contribution in [0.2, 0.25) is 0 Å². The molecule has 0 unspecified atom stereocenters. The number of allylic oxidation sites excluding steroid dienone is 1. The standard InChI is InChI=1S/C20H31ClO7/c1-12(2)5-6-14-19(3,28-14)18-17(26-4)13(9-10-20(18,25)11-21)27-16(24)8-7-15(22)23/h5,13-14,17-18,25H,6-11H2,1-4H3,(H,22,23)/t13-,14-,17-,18-,19+,20+/m1/s1. The van der Waals surface area contributed by atoms with Crippen molar-refractivity contribution in [3.63, 3.8) is 0 Å². The normalized spacial score (nSPS) is 37.2. The molecule has 0 aromatic heterocycles. The second-order valence-corrected chi connectivity index (χ2v) is 8.45. The summed E-state index contributed by atoms with van der Waals surface area (Å²) in [6.07, 6.45) is 1.75. The summed E-state index contributed by atoms with van der Waals surface area (Å²) < 4.78 is 17.2. The summed E-state index contributed by atoms with van der Waals surface area (Å²) >= 11 is 6.14. The van der Waals surface area contributed by atoms with E-state index >= 15 is 0 Å². The molecular weight excluding hydrogens is 388 g/mol. The zero-order chi connectivity index (χ0) is 21.1. The molecule has 160 valence electrons. The highest BCUT2D eigenvalue weighted by molar-refractivity contribution is 6.18. The predicted molar refractivity (Wildman–Crippen MR) is 103 cm³/mol. The smallest absolute Gasteiger partial charge is 0.306 e. The number of ether oxygens (including phenoxy) is 3. The van der Waals surface area contributed by atoms with Crippen molar-refractivity contribution in [1.82, 2.24) is 0 Å². The van der Waals surface area contributed by atoms with Gasteiger partial charge in [-0.3, -0.25) is 9.59 Å². The molecule has 8 heteroatoms. The second kappa shape index (κ2) is 9.11. The number of aliphatic hydroxyl groups is 1. The lowest BCUT2D eigenvalue weighted by Crippen LogP contribution is -2.61. The Kier molecular flexibility index (Phi) is 7.53. The third kappa shape index (κ3) is 5.06. The SMILES string of the molecule is CO[C@@H]1[C@H](OC(=O)CCC(=O)O)CC[C@](O)(CCl)[C@H]1[C@@]1(C)O[C@@H]1CC=C(C)C. The molecule has 0 spiro atoms. The molecule has 6 atom stereocenters. The van der Waals surface area contributed by atoms with Crippen LogP contribution >= 0.6 is 11.6 Å². The quantitative estimate of drug-likeness (QED) is 0.256. The van der Waals surface area contributed by atoms with Gasteiger partial charge in [-0.1, -0.05) is 11.6 Å². The lowest BCUT2D eigenvalue weighted by molar-refractivity contribution is -0.193. The van der Waals surface area contributed by atoms with Crippen molar-refractivity contribution < 1.29 is 34.0 Å². The van der Waals surface area contributed by atoms with E-state index in [0.717, 1.165) is 0 Å². The van der Waals surface area contributed by atoms with Gasteiger partial charge in [0.25, 0.3) is 0 Å². The lowest BCUT2D eigenvalue weighted by Gasteiger charge is -2.48. The van der Waals surface area contributed by atoms with Gasteiger partial charge in [-0.15, -0.1) is 11.6 Å². The van der Waals surface area contributed by atoms with Gasteiger partial charge >= 0.3 is 11.9 Å². The molecule has 0 aromatic rings. The van der Waals surface area contributed by atoms with Crippen LogP contribution in [0.5, 0.6) is 0 Å². The molecule has 2 fully saturated rings. The Balaban J connectivity index is 2.18. The third-order valence-electron chi connectivity index (χ3n) is 5.80. The first-order chi connectivity index (χ1) is 13.1. The van der Waals surface area contributed by atoms with E-state index in [1.165, 1.54) is 12.7 Å². The van der Waals surface area contributed by atoms with E-state index in [9.17, 15) is 14.7 Å². The van der Waals surface area contributed by atoms with E-state index in [2.05, 4.69) is 6.08 Å². The largest absolute Gasteiger partial charge is 0.481 e. The molecule has 0 bridgehead atoms. The van der Waals surface area contributed by atoms with E-state index in [0.29, 0.717) is 19.3 Å². The number of methoxy groups -OCH3 is 1. The summed E-state index contributed by atoms with van der Waals surface area (Å²) in [7, 11) is 1.51. The van der Waals surface area contributed by atoms with Crippen LogP contribution in [0.15, 0.2) is 11.6 Å². The highest BCUT2D eigenvalue weighted by Crippen LogP contribution is 2.54. The molecule has 7 nitrogen and oxygen atoms in total. The fraction of sp³-hybridized carbons (Fsp3) is 0.800. The van der Waals surface area contributed by atoms with Crippen molar-refractivity contribution in [2.75, 3.05) is 13.0 Å². The topological polar surface area (TPSA) is 106 Å². The minimum atomic E-state index is -1.21. The lowest BCUT2D eigenvalue weighted by atomic mass is 9.66.